The maximum Gasteiger partial charge on any atom is 0.391 e. The summed E-state index contributed by atoms with van der Waals surface area (Å²) in [6.45, 7) is 0.242. The van der Waals surface area contributed by atoms with Crippen LogP contribution >= 0.6 is 0 Å². The number of benzene rings is 1. The van der Waals surface area contributed by atoms with Crippen molar-refractivity contribution >= 4 is 0 Å². The molecule has 2 rings (SSSR count). The zero-order chi connectivity index (χ0) is 14.0. The Balaban J connectivity index is 2.05. The molecular weight excluding hydrogens is 265 g/mol. The molecule has 1 aliphatic rings. The molecule has 106 valence electrons. The van der Waals surface area contributed by atoms with E-state index in [1.54, 1.807) is 0 Å². The second-order valence-electron chi connectivity index (χ2n) is 4.85. The maximum atomic E-state index is 13.4. The van der Waals surface area contributed by atoms with Crippen LogP contribution in [-0.2, 0) is 6.42 Å². The Bertz CT molecular complexity index is 443. The van der Waals surface area contributed by atoms with Crippen LogP contribution in [0.1, 0.15) is 18.4 Å². The first-order valence-corrected chi connectivity index (χ1v) is 6.10. The SMILES string of the molecule is Fc1ccc(F)c(CC2CC(C(F)(F)F)CCN2)c1. The van der Waals surface area contributed by atoms with Gasteiger partial charge < -0.3 is 5.32 Å². The van der Waals surface area contributed by atoms with E-state index in [2.05, 4.69) is 5.32 Å². The molecule has 6 heteroatoms. The molecular formula is C13H14F5N. The van der Waals surface area contributed by atoms with Gasteiger partial charge in [-0.1, -0.05) is 0 Å². The molecule has 1 fully saturated rings. The Morgan fingerprint density at radius 2 is 1.95 bits per heavy atom. The molecule has 1 heterocycles. The van der Waals surface area contributed by atoms with Gasteiger partial charge in [0.1, 0.15) is 11.6 Å². The summed E-state index contributed by atoms with van der Waals surface area (Å²) in [7, 11) is 0. The van der Waals surface area contributed by atoms with Crippen molar-refractivity contribution in [3.63, 3.8) is 0 Å². The van der Waals surface area contributed by atoms with E-state index in [0.29, 0.717) is 0 Å². The van der Waals surface area contributed by atoms with Crippen molar-refractivity contribution in [3.8, 4) is 0 Å². The van der Waals surface area contributed by atoms with Crippen molar-refractivity contribution in [1.29, 1.82) is 0 Å². The topological polar surface area (TPSA) is 12.0 Å². The highest BCUT2D eigenvalue weighted by Gasteiger charge is 2.42. The van der Waals surface area contributed by atoms with Crippen molar-refractivity contribution < 1.29 is 22.0 Å². The molecule has 0 saturated carbocycles. The van der Waals surface area contributed by atoms with Crippen LogP contribution in [0.3, 0.4) is 0 Å². The largest absolute Gasteiger partial charge is 0.391 e. The van der Waals surface area contributed by atoms with E-state index in [0.717, 1.165) is 18.2 Å². The summed E-state index contributed by atoms with van der Waals surface area (Å²) in [6, 6.07) is 2.55. The standard InChI is InChI=1S/C13H14F5N/c14-10-1-2-12(15)8(5-10)6-11-7-9(3-4-19-11)13(16,17)18/h1-2,5,9,11,19H,3-4,6-7H2. The molecule has 0 aromatic heterocycles. The summed E-state index contributed by atoms with van der Waals surface area (Å²) in [6.07, 6.45) is -4.22. The molecule has 19 heavy (non-hydrogen) atoms. The predicted molar refractivity (Wildman–Crippen MR) is 60.6 cm³/mol. The van der Waals surface area contributed by atoms with E-state index in [1.807, 2.05) is 0 Å². The van der Waals surface area contributed by atoms with Gasteiger partial charge in [0.25, 0.3) is 0 Å². The van der Waals surface area contributed by atoms with E-state index in [4.69, 9.17) is 0 Å². The molecule has 1 saturated heterocycles. The molecule has 2 atom stereocenters. The normalized spacial score (nSPS) is 24.5. The lowest BCUT2D eigenvalue weighted by molar-refractivity contribution is -0.183. The number of hydrogen-bond donors (Lipinski definition) is 1. The Morgan fingerprint density at radius 1 is 1.21 bits per heavy atom. The molecule has 0 radical (unpaired) electrons. The van der Waals surface area contributed by atoms with Crippen LogP contribution < -0.4 is 5.32 Å². The van der Waals surface area contributed by atoms with Crippen LogP contribution in [0.25, 0.3) is 0 Å². The smallest absolute Gasteiger partial charge is 0.314 e. The van der Waals surface area contributed by atoms with Crippen molar-refractivity contribution in [1.82, 2.24) is 5.32 Å². The van der Waals surface area contributed by atoms with E-state index in [9.17, 15) is 22.0 Å². The molecule has 1 aromatic carbocycles. The summed E-state index contributed by atoms with van der Waals surface area (Å²) in [5.41, 5.74) is 0.111. The fraction of sp³-hybridized carbons (Fsp3) is 0.538. The molecule has 0 amide bonds. The third-order valence-corrected chi connectivity index (χ3v) is 3.43. The van der Waals surface area contributed by atoms with Crippen molar-refractivity contribution in [2.75, 3.05) is 6.54 Å². The lowest BCUT2D eigenvalue weighted by atomic mass is 9.88. The van der Waals surface area contributed by atoms with Crippen molar-refractivity contribution in [2.45, 2.75) is 31.5 Å². The van der Waals surface area contributed by atoms with Gasteiger partial charge in [0.2, 0.25) is 0 Å². The second-order valence-corrected chi connectivity index (χ2v) is 4.85. The van der Waals surface area contributed by atoms with E-state index in [-0.39, 0.29) is 31.4 Å². The monoisotopic (exact) mass is 279 g/mol. The highest BCUT2D eigenvalue weighted by Crippen LogP contribution is 2.34. The van der Waals surface area contributed by atoms with Gasteiger partial charge in [0.15, 0.2) is 0 Å². The van der Waals surface area contributed by atoms with Crippen LogP contribution in [0, 0.1) is 17.6 Å². The Hall–Kier alpha value is -1.17. The minimum Gasteiger partial charge on any atom is -0.314 e. The minimum absolute atomic E-state index is 0.0334. The second kappa shape index (κ2) is 5.45. The van der Waals surface area contributed by atoms with Gasteiger partial charge in [-0.25, -0.2) is 8.78 Å². The molecule has 2 unspecified atom stereocenters. The molecule has 1 nitrogen and oxygen atoms in total. The molecule has 1 N–H and O–H groups in total. The van der Waals surface area contributed by atoms with Gasteiger partial charge in [-0.05, 0) is 49.6 Å². The summed E-state index contributed by atoms with van der Waals surface area (Å²) >= 11 is 0. The first-order chi connectivity index (χ1) is 8.86. The third kappa shape index (κ3) is 3.65. The van der Waals surface area contributed by atoms with Crippen molar-refractivity contribution in [2.24, 2.45) is 5.92 Å². The zero-order valence-corrected chi connectivity index (χ0v) is 10.1. The van der Waals surface area contributed by atoms with Crippen LogP contribution in [0.2, 0.25) is 0 Å². The van der Waals surface area contributed by atoms with Crippen LogP contribution in [0.4, 0.5) is 22.0 Å². The molecule has 1 aliphatic heterocycles. The van der Waals surface area contributed by atoms with Crippen LogP contribution in [0.5, 0.6) is 0 Å². The van der Waals surface area contributed by atoms with Crippen LogP contribution in [0.15, 0.2) is 18.2 Å². The van der Waals surface area contributed by atoms with E-state index < -0.39 is 29.8 Å². The predicted octanol–water partition coefficient (Wildman–Crippen LogP) is 3.44. The average molecular weight is 279 g/mol. The zero-order valence-electron chi connectivity index (χ0n) is 10.1. The number of hydrogen-bond acceptors (Lipinski definition) is 1. The number of piperidine rings is 1. The summed E-state index contributed by atoms with van der Waals surface area (Å²) in [4.78, 5) is 0. The summed E-state index contributed by atoms with van der Waals surface area (Å²) in [5.74, 6) is -2.53. The van der Waals surface area contributed by atoms with Crippen LogP contribution in [-0.4, -0.2) is 18.8 Å². The number of halogens is 5. The number of nitrogens with one attached hydrogen (secondary N) is 1. The lowest BCUT2D eigenvalue weighted by Gasteiger charge is -2.31. The Labute approximate surface area is 107 Å². The quantitative estimate of drug-likeness (QED) is 0.818. The van der Waals surface area contributed by atoms with E-state index in [1.165, 1.54) is 0 Å². The third-order valence-electron chi connectivity index (χ3n) is 3.43. The molecule has 0 bridgehead atoms. The molecule has 0 aliphatic carbocycles. The van der Waals surface area contributed by atoms with Gasteiger partial charge in [0, 0.05) is 6.04 Å². The Kier molecular flexibility index (Phi) is 4.08. The van der Waals surface area contributed by atoms with Crippen molar-refractivity contribution in [3.05, 3.63) is 35.4 Å². The summed E-state index contributed by atoms with van der Waals surface area (Å²) < 4.78 is 64.3. The van der Waals surface area contributed by atoms with Gasteiger partial charge in [0.05, 0.1) is 5.92 Å². The van der Waals surface area contributed by atoms with Gasteiger partial charge in [-0.3, -0.25) is 0 Å². The maximum absolute atomic E-state index is 13.4. The highest BCUT2D eigenvalue weighted by atomic mass is 19.4. The van der Waals surface area contributed by atoms with Gasteiger partial charge >= 0.3 is 6.18 Å². The van der Waals surface area contributed by atoms with Gasteiger partial charge in [-0.15, -0.1) is 0 Å². The summed E-state index contributed by atoms with van der Waals surface area (Å²) in [5, 5.41) is 2.93. The number of alkyl halides is 3. The minimum atomic E-state index is -4.22. The first kappa shape index (κ1) is 14.2. The van der Waals surface area contributed by atoms with Gasteiger partial charge in [-0.2, -0.15) is 13.2 Å². The molecule has 0 spiro atoms. The molecule has 1 aromatic rings. The first-order valence-electron chi connectivity index (χ1n) is 6.10. The Morgan fingerprint density at radius 3 is 2.63 bits per heavy atom. The average Bonchev–Trinajstić information content (AvgIpc) is 2.33. The highest BCUT2D eigenvalue weighted by molar-refractivity contribution is 5.20. The lowest BCUT2D eigenvalue weighted by Crippen LogP contribution is -2.43. The van der Waals surface area contributed by atoms with E-state index >= 15 is 0 Å². The number of rotatable bonds is 2. The fourth-order valence-electron chi connectivity index (χ4n) is 2.42. The fourth-order valence-corrected chi connectivity index (χ4v) is 2.42.